The number of hydrogen-bond acceptors (Lipinski definition) is 3. The normalized spacial score (nSPS) is 26.9. The van der Waals surface area contributed by atoms with Crippen LogP contribution in [-0.2, 0) is 17.9 Å². The zero-order valence-corrected chi connectivity index (χ0v) is 13.4. The van der Waals surface area contributed by atoms with Gasteiger partial charge < -0.3 is 14.5 Å². The van der Waals surface area contributed by atoms with E-state index in [0.29, 0.717) is 12.7 Å². The van der Waals surface area contributed by atoms with Gasteiger partial charge in [-0.25, -0.2) is 0 Å². The third-order valence-corrected chi connectivity index (χ3v) is 4.65. The van der Waals surface area contributed by atoms with Crippen LogP contribution in [0.3, 0.4) is 0 Å². The molecule has 20 heavy (non-hydrogen) atoms. The molecule has 1 aromatic rings. The lowest BCUT2D eigenvalue weighted by molar-refractivity contribution is -0.00784. The summed E-state index contributed by atoms with van der Waals surface area (Å²) in [4.78, 5) is 0. The number of furan rings is 1. The lowest BCUT2D eigenvalue weighted by Gasteiger charge is -2.31. The van der Waals surface area contributed by atoms with Gasteiger partial charge in [-0.1, -0.05) is 20.8 Å². The summed E-state index contributed by atoms with van der Waals surface area (Å²) in [6.45, 7) is 11.3. The molecular weight excluding hydrogens is 250 g/mol. The van der Waals surface area contributed by atoms with Gasteiger partial charge in [-0.05, 0) is 50.6 Å². The Bertz CT molecular complexity index is 413. The fourth-order valence-electron chi connectivity index (χ4n) is 2.92. The fraction of sp³-hybridized carbons (Fsp3) is 0.765. The number of nitrogens with one attached hydrogen (secondary N) is 1. The van der Waals surface area contributed by atoms with Crippen molar-refractivity contribution in [2.24, 2.45) is 11.8 Å². The van der Waals surface area contributed by atoms with E-state index in [2.05, 4.69) is 32.2 Å². The first-order valence-electron chi connectivity index (χ1n) is 8.00. The van der Waals surface area contributed by atoms with Crippen molar-refractivity contribution in [3.8, 4) is 0 Å². The van der Waals surface area contributed by atoms with Gasteiger partial charge in [-0.2, -0.15) is 0 Å². The van der Waals surface area contributed by atoms with Crippen molar-refractivity contribution in [3.63, 3.8) is 0 Å². The molecule has 0 aromatic carbocycles. The minimum atomic E-state index is 0.424. The Morgan fingerprint density at radius 1 is 1.30 bits per heavy atom. The van der Waals surface area contributed by atoms with Gasteiger partial charge in [0.2, 0.25) is 0 Å². The van der Waals surface area contributed by atoms with Gasteiger partial charge in [0.1, 0.15) is 11.5 Å². The van der Waals surface area contributed by atoms with E-state index >= 15 is 0 Å². The number of ether oxygens (including phenoxy) is 1. The summed E-state index contributed by atoms with van der Waals surface area (Å²) in [6.07, 6.45) is 4.12. The van der Waals surface area contributed by atoms with Crippen molar-refractivity contribution >= 4 is 0 Å². The zero-order valence-electron chi connectivity index (χ0n) is 13.4. The molecule has 0 aliphatic heterocycles. The maximum Gasteiger partial charge on any atom is 0.118 e. The quantitative estimate of drug-likeness (QED) is 0.853. The van der Waals surface area contributed by atoms with E-state index in [1.54, 1.807) is 0 Å². The molecule has 1 fully saturated rings. The van der Waals surface area contributed by atoms with Crippen LogP contribution >= 0.6 is 0 Å². The maximum absolute atomic E-state index is 6.11. The van der Waals surface area contributed by atoms with Crippen LogP contribution in [0.1, 0.15) is 57.1 Å². The Kier molecular flexibility index (Phi) is 5.67. The molecule has 1 heterocycles. The molecule has 0 spiro atoms. The van der Waals surface area contributed by atoms with Crippen molar-refractivity contribution in [2.75, 3.05) is 6.54 Å². The van der Waals surface area contributed by atoms with Crippen molar-refractivity contribution in [1.29, 1.82) is 0 Å². The molecule has 1 saturated carbocycles. The zero-order chi connectivity index (χ0) is 14.5. The standard InChI is InChI=1S/C17H29NO2/c1-5-18-10-17-9-15(14(4)20-17)11-19-16-7-6-12(2)13(3)8-16/h9,12-13,16,18H,5-8,10-11H2,1-4H3. The molecule has 1 aliphatic rings. The molecule has 3 atom stereocenters. The lowest BCUT2D eigenvalue weighted by Crippen LogP contribution is -2.26. The second kappa shape index (κ2) is 7.28. The molecule has 1 N–H and O–H groups in total. The summed E-state index contributed by atoms with van der Waals surface area (Å²) in [5.41, 5.74) is 1.20. The predicted molar refractivity (Wildman–Crippen MR) is 81.6 cm³/mol. The molecule has 0 bridgehead atoms. The number of aryl methyl sites for hydroxylation is 1. The lowest BCUT2D eigenvalue weighted by atomic mass is 9.80. The molecule has 3 heteroatoms. The van der Waals surface area contributed by atoms with Gasteiger partial charge in [0.25, 0.3) is 0 Å². The third-order valence-electron chi connectivity index (χ3n) is 4.65. The van der Waals surface area contributed by atoms with Gasteiger partial charge in [-0.15, -0.1) is 0 Å². The molecule has 2 rings (SSSR count). The van der Waals surface area contributed by atoms with Crippen LogP contribution in [-0.4, -0.2) is 12.6 Å². The summed E-state index contributed by atoms with van der Waals surface area (Å²) in [6, 6.07) is 2.13. The maximum atomic E-state index is 6.11. The van der Waals surface area contributed by atoms with Crippen LogP contribution in [0.2, 0.25) is 0 Å². The average molecular weight is 279 g/mol. The second-order valence-corrected chi connectivity index (χ2v) is 6.28. The Morgan fingerprint density at radius 3 is 2.80 bits per heavy atom. The summed E-state index contributed by atoms with van der Waals surface area (Å²) >= 11 is 0. The van der Waals surface area contributed by atoms with Gasteiger partial charge in [-0.3, -0.25) is 0 Å². The SMILES string of the molecule is CCNCc1cc(COC2CCC(C)C(C)C2)c(C)o1. The summed E-state index contributed by atoms with van der Waals surface area (Å²) in [7, 11) is 0. The molecule has 1 aliphatic carbocycles. The van der Waals surface area contributed by atoms with Crippen molar-refractivity contribution < 1.29 is 9.15 Å². The van der Waals surface area contributed by atoms with Crippen LogP contribution in [0.25, 0.3) is 0 Å². The van der Waals surface area contributed by atoms with Crippen molar-refractivity contribution in [3.05, 3.63) is 23.2 Å². The van der Waals surface area contributed by atoms with Gasteiger partial charge >= 0.3 is 0 Å². The van der Waals surface area contributed by atoms with E-state index in [1.165, 1.54) is 24.8 Å². The highest BCUT2D eigenvalue weighted by Crippen LogP contribution is 2.31. The fourth-order valence-corrected chi connectivity index (χ4v) is 2.92. The predicted octanol–water partition coefficient (Wildman–Crippen LogP) is 4.04. The molecule has 3 nitrogen and oxygen atoms in total. The van der Waals surface area contributed by atoms with Gasteiger partial charge in [0.05, 0.1) is 19.3 Å². The van der Waals surface area contributed by atoms with Crippen LogP contribution in [0, 0.1) is 18.8 Å². The highest BCUT2D eigenvalue weighted by atomic mass is 16.5. The van der Waals surface area contributed by atoms with Crippen LogP contribution in [0.15, 0.2) is 10.5 Å². The summed E-state index contributed by atoms with van der Waals surface area (Å²) in [5, 5.41) is 3.29. The first kappa shape index (κ1) is 15.6. The molecule has 1 aromatic heterocycles. The smallest absolute Gasteiger partial charge is 0.118 e. The number of hydrogen-bond donors (Lipinski definition) is 1. The van der Waals surface area contributed by atoms with E-state index < -0.39 is 0 Å². The van der Waals surface area contributed by atoms with Crippen LogP contribution in [0.4, 0.5) is 0 Å². The highest BCUT2D eigenvalue weighted by Gasteiger charge is 2.25. The van der Waals surface area contributed by atoms with E-state index in [1.807, 2.05) is 6.92 Å². The van der Waals surface area contributed by atoms with E-state index in [-0.39, 0.29) is 0 Å². The van der Waals surface area contributed by atoms with E-state index in [4.69, 9.17) is 9.15 Å². The Morgan fingerprint density at radius 2 is 2.10 bits per heavy atom. The second-order valence-electron chi connectivity index (χ2n) is 6.28. The summed E-state index contributed by atoms with van der Waals surface area (Å²) < 4.78 is 11.9. The van der Waals surface area contributed by atoms with Crippen molar-refractivity contribution in [2.45, 2.75) is 66.2 Å². The molecule has 0 amide bonds. The largest absolute Gasteiger partial charge is 0.465 e. The highest BCUT2D eigenvalue weighted by molar-refractivity contribution is 5.20. The topological polar surface area (TPSA) is 34.4 Å². The van der Waals surface area contributed by atoms with Crippen LogP contribution < -0.4 is 5.32 Å². The molecule has 0 saturated heterocycles. The van der Waals surface area contributed by atoms with Gasteiger partial charge in [0.15, 0.2) is 0 Å². The Balaban J connectivity index is 1.83. The molecule has 0 radical (unpaired) electrons. The molecular formula is C17H29NO2. The minimum absolute atomic E-state index is 0.424. The van der Waals surface area contributed by atoms with Crippen molar-refractivity contribution in [1.82, 2.24) is 5.32 Å². The first-order chi connectivity index (χ1) is 9.60. The Hall–Kier alpha value is -0.800. The number of rotatable bonds is 6. The monoisotopic (exact) mass is 279 g/mol. The third kappa shape index (κ3) is 4.10. The van der Waals surface area contributed by atoms with E-state index in [0.717, 1.165) is 36.4 Å². The van der Waals surface area contributed by atoms with Crippen LogP contribution in [0.5, 0.6) is 0 Å². The molecule has 114 valence electrons. The van der Waals surface area contributed by atoms with Gasteiger partial charge in [0, 0.05) is 5.56 Å². The molecule has 3 unspecified atom stereocenters. The van der Waals surface area contributed by atoms with E-state index in [9.17, 15) is 0 Å². The Labute approximate surface area is 123 Å². The average Bonchev–Trinajstić information content (AvgIpc) is 2.78. The summed E-state index contributed by atoms with van der Waals surface area (Å²) in [5.74, 6) is 3.63. The first-order valence-corrected chi connectivity index (χ1v) is 8.00. The minimum Gasteiger partial charge on any atom is -0.465 e.